The molecule has 3 nitrogen and oxygen atoms in total. The molecule has 1 heterocycles. The molecule has 1 aliphatic rings. The number of nitrogens with zero attached hydrogens (tertiary/aromatic N) is 1. The summed E-state index contributed by atoms with van der Waals surface area (Å²) in [6.07, 6.45) is 3.99. The Kier molecular flexibility index (Phi) is 7.20. The van der Waals surface area contributed by atoms with Crippen LogP contribution >= 0.6 is 0 Å². The molecular formula is C18H30N2O. The summed E-state index contributed by atoms with van der Waals surface area (Å²) >= 11 is 0. The maximum Gasteiger partial charge on any atom is 0.0518 e. The minimum atomic E-state index is 0.356. The van der Waals surface area contributed by atoms with E-state index in [9.17, 15) is 0 Å². The molecule has 1 saturated heterocycles. The Morgan fingerprint density at radius 1 is 1.24 bits per heavy atom. The first-order chi connectivity index (χ1) is 10.3. The highest BCUT2D eigenvalue weighted by atomic mass is 16.5. The smallest absolute Gasteiger partial charge is 0.0518 e. The van der Waals surface area contributed by atoms with E-state index >= 15 is 0 Å². The van der Waals surface area contributed by atoms with Crippen LogP contribution in [0.3, 0.4) is 0 Å². The van der Waals surface area contributed by atoms with Crippen molar-refractivity contribution in [1.29, 1.82) is 0 Å². The number of rotatable bonds is 7. The van der Waals surface area contributed by atoms with Crippen molar-refractivity contribution in [3.05, 3.63) is 35.9 Å². The molecule has 21 heavy (non-hydrogen) atoms. The van der Waals surface area contributed by atoms with Crippen molar-refractivity contribution in [2.75, 3.05) is 32.8 Å². The number of benzene rings is 1. The van der Waals surface area contributed by atoms with Gasteiger partial charge in [0, 0.05) is 19.2 Å². The molecule has 1 aliphatic heterocycles. The predicted octanol–water partition coefficient (Wildman–Crippen LogP) is 3.23. The Morgan fingerprint density at radius 3 is 2.81 bits per heavy atom. The summed E-state index contributed by atoms with van der Waals surface area (Å²) in [4.78, 5) is 2.60. The van der Waals surface area contributed by atoms with E-state index in [0.29, 0.717) is 12.1 Å². The fourth-order valence-corrected chi connectivity index (χ4v) is 2.86. The number of unbranched alkanes of at least 4 members (excludes halogenated alkanes) is 1. The van der Waals surface area contributed by atoms with Gasteiger partial charge < -0.3 is 15.0 Å². The van der Waals surface area contributed by atoms with Gasteiger partial charge in [-0.3, -0.25) is 0 Å². The zero-order chi connectivity index (χ0) is 14.9. The summed E-state index contributed by atoms with van der Waals surface area (Å²) in [6, 6.07) is 11.3. The molecule has 1 aromatic rings. The van der Waals surface area contributed by atoms with Crippen LogP contribution in [0.25, 0.3) is 0 Å². The molecule has 118 valence electrons. The third-order valence-corrected chi connectivity index (χ3v) is 4.00. The fraction of sp³-hybridized carbons (Fsp3) is 0.667. The van der Waals surface area contributed by atoms with E-state index in [1.54, 1.807) is 0 Å². The van der Waals surface area contributed by atoms with Gasteiger partial charge in [0.2, 0.25) is 0 Å². The minimum Gasteiger partial charge on any atom is -0.379 e. The van der Waals surface area contributed by atoms with Crippen molar-refractivity contribution in [1.82, 2.24) is 10.2 Å². The van der Waals surface area contributed by atoms with Gasteiger partial charge in [-0.25, -0.2) is 0 Å². The fourth-order valence-electron chi connectivity index (χ4n) is 2.86. The summed E-state index contributed by atoms with van der Waals surface area (Å²) in [7, 11) is 0. The van der Waals surface area contributed by atoms with Crippen molar-refractivity contribution >= 4 is 0 Å². The first-order valence-electron chi connectivity index (χ1n) is 8.38. The van der Waals surface area contributed by atoms with Gasteiger partial charge in [-0.05, 0) is 58.3 Å². The van der Waals surface area contributed by atoms with Crippen molar-refractivity contribution in [2.24, 2.45) is 0 Å². The van der Waals surface area contributed by atoms with E-state index in [0.717, 1.165) is 26.1 Å². The summed E-state index contributed by atoms with van der Waals surface area (Å²) in [5.74, 6) is 0. The van der Waals surface area contributed by atoms with Crippen LogP contribution in [0.2, 0.25) is 0 Å². The Bertz CT molecular complexity index is 380. The van der Waals surface area contributed by atoms with E-state index in [2.05, 4.69) is 54.4 Å². The summed E-state index contributed by atoms with van der Waals surface area (Å²) in [6.45, 7) is 9.73. The largest absolute Gasteiger partial charge is 0.379 e. The van der Waals surface area contributed by atoms with E-state index in [-0.39, 0.29) is 0 Å². The number of hydrogen-bond donors (Lipinski definition) is 1. The van der Waals surface area contributed by atoms with Gasteiger partial charge in [-0.2, -0.15) is 0 Å². The normalized spacial score (nSPS) is 20.6. The lowest BCUT2D eigenvalue weighted by Crippen LogP contribution is -2.32. The van der Waals surface area contributed by atoms with Crippen molar-refractivity contribution in [3.63, 3.8) is 0 Å². The lowest BCUT2D eigenvalue weighted by molar-refractivity contribution is 0.0741. The number of ether oxygens (including phenoxy) is 1. The third-order valence-electron chi connectivity index (χ3n) is 4.00. The Labute approximate surface area is 129 Å². The minimum absolute atomic E-state index is 0.356. The second kappa shape index (κ2) is 9.19. The molecule has 0 aromatic heterocycles. The predicted molar refractivity (Wildman–Crippen MR) is 88.6 cm³/mol. The van der Waals surface area contributed by atoms with Gasteiger partial charge in [0.25, 0.3) is 0 Å². The van der Waals surface area contributed by atoms with Crippen molar-refractivity contribution in [3.8, 4) is 0 Å². The molecule has 1 fully saturated rings. The standard InChI is InChI=1S/C18H30N2O/c1-16(2)21-14-7-6-12-20-13-8-11-19-18(15-20)17-9-4-3-5-10-17/h3-5,9-10,16,18-19H,6-8,11-15H2,1-2H3. The van der Waals surface area contributed by atoms with Crippen molar-refractivity contribution < 1.29 is 4.74 Å². The molecule has 1 atom stereocenters. The highest BCUT2D eigenvalue weighted by Crippen LogP contribution is 2.17. The lowest BCUT2D eigenvalue weighted by Gasteiger charge is -2.24. The van der Waals surface area contributed by atoms with Crippen LogP contribution < -0.4 is 5.32 Å². The third kappa shape index (κ3) is 6.16. The first-order valence-corrected chi connectivity index (χ1v) is 8.38. The molecule has 0 radical (unpaired) electrons. The van der Waals surface area contributed by atoms with Crippen LogP contribution in [0.1, 0.15) is 44.7 Å². The van der Waals surface area contributed by atoms with Gasteiger partial charge in [0.05, 0.1) is 6.10 Å². The highest BCUT2D eigenvalue weighted by Gasteiger charge is 2.18. The van der Waals surface area contributed by atoms with Gasteiger partial charge in [-0.15, -0.1) is 0 Å². The summed E-state index contributed by atoms with van der Waals surface area (Å²) in [5.41, 5.74) is 1.41. The van der Waals surface area contributed by atoms with Gasteiger partial charge in [-0.1, -0.05) is 30.3 Å². The molecular weight excluding hydrogens is 260 g/mol. The molecule has 0 saturated carbocycles. The van der Waals surface area contributed by atoms with E-state index in [4.69, 9.17) is 4.74 Å². The highest BCUT2D eigenvalue weighted by molar-refractivity contribution is 5.19. The first kappa shape index (κ1) is 16.5. The zero-order valence-electron chi connectivity index (χ0n) is 13.6. The van der Waals surface area contributed by atoms with Crippen LogP contribution in [0.4, 0.5) is 0 Å². The molecule has 1 aromatic carbocycles. The molecule has 0 aliphatic carbocycles. The molecule has 2 rings (SSSR count). The van der Waals surface area contributed by atoms with Crippen LogP contribution in [0.15, 0.2) is 30.3 Å². The molecule has 1 N–H and O–H groups in total. The quantitative estimate of drug-likeness (QED) is 0.780. The van der Waals surface area contributed by atoms with E-state index in [1.807, 2.05) is 0 Å². The molecule has 3 heteroatoms. The summed E-state index contributed by atoms with van der Waals surface area (Å²) < 4.78 is 5.62. The number of hydrogen-bond acceptors (Lipinski definition) is 3. The zero-order valence-corrected chi connectivity index (χ0v) is 13.6. The molecule has 0 spiro atoms. The second-order valence-corrected chi connectivity index (χ2v) is 6.20. The average molecular weight is 290 g/mol. The molecule has 1 unspecified atom stereocenters. The second-order valence-electron chi connectivity index (χ2n) is 6.20. The van der Waals surface area contributed by atoms with Gasteiger partial charge >= 0.3 is 0 Å². The average Bonchev–Trinajstić information content (AvgIpc) is 2.73. The van der Waals surface area contributed by atoms with E-state index < -0.39 is 0 Å². The maximum atomic E-state index is 5.62. The Hall–Kier alpha value is -0.900. The van der Waals surface area contributed by atoms with Gasteiger partial charge in [0.1, 0.15) is 0 Å². The number of nitrogens with one attached hydrogen (secondary N) is 1. The van der Waals surface area contributed by atoms with E-state index in [1.165, 1.54) is 31.5 Å². The Morgan fingerprint density at radius 2 is 2.05 bits per heavy atom. The topological polar surface area (TPSA) is 24.5 Å². The van der Waals surface area contributed by atoms with Crippen LogP contribution in [-0.4, -0.2) is 43.8 Å². The summed E-state index contributed by atoms with van der Waals surface area (Å²) in [5, 5.41) is 3.68. The lowest BCUT2D eigenvalue weighted by atomic mass is 10.1. The van der Waals surface area contributed by atoms with Crippen LogP contribution in [0, 0.1) is 0 Å². The SMILES string of the molecule is CC(C)OCCCCN1CCCNC(c2ccccc2)C1. The maximum absolute atomic E-state index is 5.62. The van der Waals surface area contributed by atoms with Gasteiger partial charge in [0.15, 0.2) is 0 Å². The van der Waals surface area contributed by atoms with Crippen molar-refractivity contribution in [2.45, 2.75) is 45.3 Å². The molecule has 0 amide bonds. The monoisotopic (exact) mass is 290 g/mol. The van der Waals surface area contributed by atoms with Crippen LogP contribution in [-0.2, 0) is 4.74 Å². The molecule has 0 bridgehead atoms. The Balaban J connectivity index is 1.75. The van der Waals surface area contributed by atoms with Crippen LogP contribution in [0.5, 0.6) is 0 Å².